The molecule has 4 rings (SSSR count). The van der Waals surface area contributed by atoms with E-state index in [0.717, 1.165) is 22.6 Å². The molecular weight excluding hydrogens is 491 g/mol. The summed E-state index contributed by atoms with van der Waals surface area (Å²) in [6, 6.07) is 14.9. The van der Waals surface area contributed by atoms with E-state index < -0.39 is 35.6 Å². The van der Waals surface area contributed by atoms with Crippen LogP contribution in [0.1, 0.15) is 22.7 Å². The minimum Gasteiger partial charge on any atom is -0.507 e. The molecule has 1 atom stereocenters. The number of hydrogen-bond donors (Lipinski definition) is 1. The fourth-order valence-electron chi connectivity index (χ4n) is 4.21. The second-order valence-electron chi connectivity index (χ2n) is 8.19. The Balaban J connectivity index is 1.96. The lowest BCUT2D eigenvalue weighted by atomic mass is 9.94. The molecule has 37 heavy (non-hydrogen) atoms. The number of aliphatic hydroxyl groups excluding tert-OH is 1. The van der Waals surface area contributed by atoms with E-state index in [4.69, 9.17) is 9.47 Å². The summed E-state index contributed by atoms with van der Waals surface area (Å²) in [5, 5.41) is 11.4. The van der Waals surface area contributed by atoms with Crippen molar-refractivity contribution >= 4 is 23.1 Å². The van der Waals surface area contributed by atoms with E-state index in [0.29, 0.717) is 11.3 Å². The molecule has 1 unspecified atom stereocenters. The summed E-state index contributed by atoms with van der Waals surface area (Å²) >= 11 is 0. The Labute approximate surface area is 210 Å². The lowest BCUT2D eigenvalue weighted by molar-refractivity contribution is -0.274. The third kappa shape index (κ3) is 5.09. The number of anilines is 1. The van der Waals surface area contributed by atoms with Crippen LogP contribution >= 0.6 is 0 Å². The third-order valence-electron chi connectivity index (χ3n) is 5.79. The maximum absolute atomic E-state index is 13.3. The Morgan fingerprint density at radius 2 is 1.62 bits per heavy atom. The molecule has 3 aromatic rings. The molecule has 1 aliphatic rings. The monoisotopic (exact) mass is 513 g/mol. The highest BCUT2D eigenvalue weighted by molar-refractivity contribution is 6.51. The van der Waals surface area contributed by atoms with E-state index in [9.17, 15) is 27.9 Å². The van der Waals surface area contributed by atoms with E-state index >= 15 is 0 Å². The molecule has 1 saturated heterocycles. The lowest BCUT2D eigenvalue weighted by Gasteiger charge is -2.26. The first-order chi connectivity index (χ1) is 17.5. The second-order valence-corrected chi connectivity index (χ2v) is 8.19. The number of methoxy groups -OCH3 is 2. The van der Waals surface area contributed by atoms with Crippen molar-refractivity contribution in [3.63, 3.8) is 0 Å². The minimum absolute atomic E-state index is 0.0353. The fourth-order valence-corrected chi connectivity index (χ4v) is 4.21. The van der Waals surface area contributed by atoms with Crippen LogP contribution in [0.5, 0.6) is 17.2 Å². The zero-order chi connectivity index (χ0) is 26.9. The van der Waals surface area contributed by atoms with Crippen LogP contribution in [0, 0.1) is 6.92 Å². The Morgan fingerprint density at radius 3 is 2.30 bits per heavy atom. The summed E-state index contributed by atoms with van der Waals surface area (Å²) in [4.78, 5) is 27.7. The van der Waals surface area contributed by atoms with Gasteiger partial charge in [0.2, 0.25) is 0 Å². The standard InChI is InChI=1S/C27H22F3NO6/c1-15-10-11-21(36-3)20(12-15)24(32)22-23(16-6-4-8-18(13-16)35-2)31(26(34)25(22)33)17-7-5-9-19(14-17)37-27(28,29)30/h4-14,23,32H,1-3H3/b24-22+. The summed E-state index contributed by atoms with van der Waals surface area (Å²) < 4.78 is 53.2. The summed E-state index contributed by atoms with van der Waals surface area (Å²) in [5.74, 6) is -2.45. The van der Waals surface area contributed by atoms with Crippen LogP contribution in [0.4, 0.5) is 18.9 Å². The summed E-state index contributed by atoms with van der Waals surface area (Å²) in [6.07, 6.45) is -4.96. The van der Waals surface area contributed by atoms with Gasteiger partial charge in [0.1, 0.15) is 23.0 Å². The molecule has 7 nitrogen and oxygen atoms in total. The number of benzene rings is 3. The normalized spacial score (nSPS) is 17.1. The van der Waals surface area contributed by atoms with Gasteiger partial charge in [-0.3, -0.25) is 14.5 Å². The van der Waals surface area contributed by atoms with Gasteiger partial charge in [-0.1, -0.05) is 29.8 Å². The average molecular weight is 513 g/mol. The van der Waals surface area contributed by atoms with Gasteiger partial charge in [0.15, 0.2) is 0 Å². The number of aryl methyl sites for hydroxylation is 1. The first-order valence-corrected chi connectivity index (χ1v) is 11.0. The number of ketones is 1. The van der Waals surface area contributed by atoms with Crippen molar-refractivity contribution in [3.8, 4) is 17.2 Å². The maximum atomic E-state index is 13.3. The van der Waals surface area contributed by atoms with Gasteiger partial charge in [-0.25, -0.2) is 0 Å². The molecule has 1 fully saturated rings. The first-order valence-electron chi connectivity index (χ1n) is 11.0. The van der Waals surface area contributed by atoms with E-state index in [1.54, 1.807) is 49.4 Å². The molecule has 0 aliphatic carbocycles. The maximum Gasteiger partial charge on any atom is 0.573 e. The van der Waals surface area contributed by atoms with Crippen LogP contribution in [-0.2, 0) is 9.59 Å². The number of alkyl halides is 3. The zero-order valence-corrected chi connectivity index (χ0v) is 20.0. The topological polar surface area (TPSA) is 85.3 Å². The van der Waals surface area contributed by atoms with Gasteiger partial charge in [0, 0.05) is 11.8 Å². The average Bonchev–Trinajstić information content (AvgIpc) is 3.13. The van der Waals surface area contributed by atoms with E-state index in [1.807, 2.05) is 0 Å². The quantitative estimate of drug-likeness (QED) is 0.265. The van der Waals surface area contributed by atoms with Crippen LogP contribution < -0.4 is 19.1 Å². The molecule has 1 amide bonds. The van der Waals surface area contributed by atoms with Gasteiger partial charge >= 0.3 is 6.36 Å². The van der Waals surface area contributed by atoms with Gasteiger partial charge in [0.05, 0.1) is 31.4 Å². The zero-order valence-electron chi connectivity index (χ0n) is 20.0. The number of amides is 1. The molecule has 10 heteroatoms. The molecular formula is C27H22F3NO6. The highest BCUT2D eigenvalue weighted by Gasteiger charge is 2.47. The van der Waals surface area contributed by atoms with Crippen molar-refractivity contribution < 1.29 is 42.1 Å². The van der Waals surface area contributed by atoms with Crippen molar-refractivity contribution in [1.82, 2.24) is 0 Å². The van der Waals surface area contributed by atoms with Gasteiger partial charge in [-0.05, 0) is 48.9 Å². The lowest BCUT2D eigenvalue weighted by Crippen LogP contribution is -2.29. The number of carbonyl (C=O) groups excluding carboxylic acids is 2. The Hall–Kier alpha value is -4.47. The van der Waals surface area contributed by atoms with Gasteiger partial charge in [0.25, 0.3) is 11.7 Å². The van der Waals surface area contributed by atoms with Crippen LogP contribution in [0.2, 0.25) is 0 Å². The third-order valence-corrected chi connectivity index (χ3v) is 5.79. The van der Waals surface area contributed by atoms with Crippen molar-refractivity contribution in [2.75, 3.05) is 19.1 Å². The first kappa shape index (κ1) is 25.6. The number of ether oxygens (including phenoxy) is 3. The number of hydrogen-bond acceptors (Lipinski definition) is 6. The molecule has 1 N–H and O–H groups in total. The summed E-state index contributed by atoms with van der Waals surface area (Å²) in [6.45, 7) is 1.78. The van der Waals surface area contributed by atoms with Gasteiger partial charge < -0.3 is 19.3 Å². The minimum atomic E-state index is -4.96. The van der Waals surface area contributed by atoms with E-state index in [1.165, 1.54) is 26.4 Å². The van der Waals surface area contributed by atoms with Crippen molar-refractivity contribution in [2.24, 2.45) is 0 Å². The molecule has 0 saturated carbocycles. The fraction of sp³-hybridized carbons (Fsp3) is 0.185. The van der Waals surface area contributed by atoms with E-state index in [-0.39, 0.29) is 22.6 Å². The highest BCUT2D eigenvalue weighted by Crippen LogP contribution is 2.44. The molecule has 1 aliphatic heterocycles. The molecule has 3 aromatic carbocycles. The predicted octanol–water partition coefficient (Wildman–Crippen LogP) is 5.54. The van der Waals surface area contributed by atoms with Crippen molar-refractivity contribution in [3.05, 3.63) is 89.0 Å². The molecule has 192 valence electrons. The number of carbonyl (C=O) groups is 2. The van der Waals surface area contributed by atoms with Crippen molar-refractivity contribution in [1.29, 1.82) is 0 Å². The van der Waals surface area contributed by atoms with Crippen LogP contribution in [0.15, 0.2) is 72.3 Å². The SMILES string of the molecule is COc1cccc(C2/C(=C(\O)c3cc(C)ccc3OC)C(=O)C(=O)N2c2cccc(OC(F)(F)F)c2)c1. The van der Waals surface area contributed by atoms with Gasteiger partial charge in [-0.15, -0.1) is 13.2 Å². The Kier molecular flexibility index (Phi) is 6.84. The largest absolute Gasteiger partial charge is 0.573 e. The molecule has 0 bridgehead atoms. The van der Waals surface area contributed by atoms with Crippen molar-refractivity contribution in [2.45, 2.75) is 19.3 Å². The van der Waals surface area contributed by atoms with Crippen LogP contribution in [0.25, 0.3) is 5.76 Å². The number of rotatable bonds is 6. The molecule has 1 heterocycles. The Bertz CT molecular complexity index is 1400. The second kappa shape index (κ2) is 9.88. The van der Waals surface area contributed by atoms with Crippen LogP contribution in [0.3, 0.4) is 0 Å². The predicted molar refractivity (Wildman–Crippen MR) is 129 cm³/mol. The van der Waals surface area contributed by atoms with E-state index in [2.05, 4.69) is 4.74 Å². The molecule has 0 aromatic heterocycles. The number of aliphatic hydroxyl groups is 1. The summed E-state index contributed by atoms with van der Waals surface area (Å²) in [7, 11) is 2.83. The van der Waals surface area contributed by atoms with Crippen LogP contribution in [-0.4, -0.2) is 37.4 Å². The highest BCUT2D eigenvalue weighted by atomic mass is 19.4. The number of nitrogens with zero attached hydrogens (tertiary/aromatic N) is 1. The molecule has 0 spiro atoms. The Morgan fingerprint density at radius 1 is 0.919 bits per heavy atom. The van der Waals surface area contributed by atoms with Gasteiger partial charge in [-0.2, -0.15) is 0 Å². The number of halogens is 3. The summed E-state index contributed by atoms with van der Waals surface area (Å²) in [5.41, 5.74) is 1.03. The number of Topliss-reactive ketones (excluding diaryl/α,β-unsaturated/α-hetero) is 1. The molecule has 0 radical (unpaired) electrons. The smallest absolute Gasteiger partial charge is 0.507 e.